The predicted octanol–water partition coefficient (Wildman–Crippen LogP) is 3.43. The SMILES string of the molecule is CCNC(=NCC(C)(C)CCS(C)(=O)=O)NC1CCN(c2cccc(F)c2)CC1.I. The smallest absolute Gasteiger partial charge is 0.191 e. The Bertz CT molecular complexity index is 794. The number of rotatable bonds is 8. The number of halogens is 2. The van der Waals surface area contributed by atoms with Gasteiger partial charge in [-0.05, 0) is 49.8 Å². The van der Waals surface area contributed by atoms with Crippen molar-refractivity contribution >= 4 is 45.5 Å². The van der Waals surface area contributed by atoms with Crippen LogP contribution >= 0.6 is 24.0 Å². The highest BCUT2D eigenvalue weighted by Gasteiger charge is 2.22. The number of hydrogen-bond acceptors (Lipinski definition) is 4. The Morgan fingerprint density at radius 1 is 1.30 bits per heavy atom. The van der Waals surface area contributed by atoms with Crippen molar-refractivity contribution in [3.8, 4) is 0 Å². The standard InChI is InChI=1S/C21H35FN4O2S.HI/c1-5-23-20(24-16-21(2,3)11-14-29(4,27)28)25-18-9-12-26(13-10-18)19-8-6-7-17(22)15-19;/h6-8,15,18H,5,9-14,16H2,1-4H3,(H2,23,24,25);1H. The van der Waals surface area contributed by atoms with Gasteiger partial charge < -0.3 is 15.5 Å². The topological polar surface area (TPSA) is 73.8 Å². The largest absolute Gasteiger partial charge is 0.371 e. The molecule has 0 spiro atoms. The molecule has 0 unspecified atom stereocenters. The first-order valence-electron chi connectivity index (χ1n) is 10.3. The highest BCUT2D eigenvalue weighted by atomic mass is 127. The average Bonchev–Trinajstić information content (AvgIpc) is 2.65. The van der Waals surface area contributed by atoms with E-state index in [2.05, 4.69) is 15.5 Å². The molecule has 1 fully saturated rings. The molecule has 0 atom stereocenters. The molecule has 6 nitrogen and oxygen atoms in total. The van der Waals surface area contributed by atoms with Gasteiger partial charge in [0.1, 0.15) is 15.7 Å². The molecule has 0 aliphatic carbocycles. The van der Waals surface area contributed by atoms with E-state index in [-0.39, 0.29) is 41.0 Å². The molecule has 30 heavy (non-hydrogen) atoms. The van der Waals surface area contributed by atoms with Gasteiger partial charge in [0.05, 0.1) is 5.75 Å². The van der Waals surface area contributed by atoms with E-state index in [1.807, 2.05) is 26.8 Å². The maximum absolute atomic E-state index is 13.5. The van der Waals surface area contributed by atoms with Crippen LogP contribution in [0.1, 0.15) is 40.0 Å². The summed E-state index contributed by atoms with van der Waals surface area (Å²) in [6.07, 6.45) is 3.74. The molecular weight excluding hydrogens is 518 g/mol. The highest BCUT2D eigenvalue weighted by molar-refractivity contribution is 14.0. The molecule has 1 saturated heterocycles. The summed E-state index contributed by atoms with van der Waals surface area (Å²) in [4.78, 5) is 6.91. The Morgan fingerprint density at radius 2 is 1.97 bits per heavy atom. The number of piperidine rings is 1. The molecule has 9 heteroatoms. The van der Waals surface area contributed by atoms with Crippen molar-refractivity contribution in [3.05, 3.63) is 30.1 Å². The molecule has 0 saturated carbocycles. The molecule has 0 bridgehead atoms. The fourth-order valence-electron chi connectivity index (χ4n) is 3.30. The summed E-state index contributed by atoms with van der Waals surface area (Å²) in [5.41, 5.74) is 0.739. The van der Waals surface area contributed by atoms with Crippen molar-refractivity contribution in [2.24, 2.45) is 10.4 Å². The monoisotopic (exact) mass is 554 g/mol. The second-order valence-corrected chi connectivity index (χ2v) is 10.9. The average molecular weight is 555 g/mol. The maximum atomic E-state index is 13.5. The molecular formula is C21H36FIN4O2S. The van der Waals surface area contributed by atoms with E-state index in [0.717, 1.165) is 44.1 Å². The zero-order chi connectivity index (χ0) is 21.5. The van der Waals surface area contributed by atoms with Crippen LogP contribution in [0.5, 0.6) is 0 Å². The zero-order valence-corrected chi connectivity index (χ0v) is 21.6. The van der Waals surface area contributed by atoms with E-state index in [0.29, 0.717) is 19.0 Å². The Morgan fingerprint density at radius 3 is 2.53 bits per heavy atom. The highest BCUT2D eigenvalue weighted by Crippen LogP contribution is 2.22. The van der Waals surface area contributed by atoms with Crippen molar-refractivity contribution in [2.75, 3.05) is 43.1 Å². The predicted molar refractivity (Wildman–Crippen MR) is 134 cm³/mol. The van der Waals surface area contributed by atoms with Crippen LogP contribution in [0.2, 0.25) is 0 Å². The summed E-state index contributed by atoms with van der Waals surface area (Å²) < 4.78 is 36.3. The first-order valence-corrected chi connectivity index (χ1v) is 12.4. The van der Waals surface area contributed by atoms with Crippen molar-refractivity contribution < 1.29 is 12.8 Å². The van der Waals surface area contributed by atoms with Crippen LogP contribution in [0.15, 0.2) is 29.3 Å². The van der Waals surface area contributed by atoms with Crippen LogP contribution in [0.25, 0.3) is 0 Å². The van der Waals surface area contributed by atoms with E-state index >= 15 is 0 Å². The lowest BCUT2D eigenvalue weighted by molar-refractivity contribution is 0.364. The van der Waals surface area contributed by atoms with Crippen LogP contribution in [-0.2, 0) is 9.84 Å². The lowest BCUT2D eigenvalue weighted by Crippen LogP contribution is -2.49. The van der Waals surface area contributed by atoms with Gasteiger partial charge in [-0.3, -0.25) is 4.99 Å². The molecule has 0 amide bonds. The van der Waals surface area contributed by atoms with Crippen molar-refractivity contribution in [1.82, 2.24) is 10.6 Å². The molecule has 1 heterocycles. The van der Waals surface area contributed by atoms with Crippen LogP contribution in [0.4, 0.5) is 10.1 Å². The normalized spacial score (nSPS) is 16.2. The van der Waals surface area contributed by atoms with E-state index in [9.17, 15) is 12.8 Å². The van der Waals surface area contributed by atoms with Gasteiger partial charge in [-0.25, -0.2) is 12.8 Å². The van der Waals surface area contributed by atoms with Gasteiger partial charge in [-0.1, -0.05) is 19.9 Å². The Kier molecular flexibility index (Phi) is 10.8. The minimum absolute atomic E-state index is 0. The number of guanidine groups is 1. The minimum Gasteiger partial charge on any atom is -0.371 e. The summed E-state index contributed by atoms with van der Waals surface area (Å²) in [7, 11) is -2.97. The molecule has 0 aromatic heterocycles. The summed E-state index contributed by atoms with van der Waals surface area (Å²) >= 11 is 0. The summed E-state index contributed by atoms with van der Waals surface area (Å²) in [5.74, 6) is 0.741. The number of nitrogens with zero attached hydrogens (tertiary/aromatic N) is 2. The van der Waals surface area contributed by atoms with E-state index in [1.165, 1.54) is 12.3 Å². The first-order chi connectivity index (χ1) is 13.6. The minimum atomic E-state index is -2.97. The van der Waals surface area contributed by atoms with Crippen LogP contribution in [0.3, 0.4) is 0 Å². The van der Waals surface area contributed by atoms with Crippen LogP contribution in [-0.4, -0.2) is 58.6 Å². The number of aliphatic imine (C=N–C) groups is 1. The van der Waals surface area contributed by atoms with Gasteiger partial charge in [0.15, 0.2) is 5.96 Å². The van der Waals surface area contributed by atoms with Crippen LogP contribution < -0.4 is 15.5 Å². The summed E-state index contributed by atoms with van der Waals surface area (Å²) in [5, 5.41) is 6.79. The second kappa shape index (κ2) is 12.1. The Hall–Kier alpha value is -1.10. The van der Waals surface area contributed by atoms with Crippen molar-refractivity contribution in [3.63, 3.8) is 0 Å². The zero-order valence-electron chi connectivity index (χ0n) is 18.4. The number of nitrogens with one attached hydrogen (secondary N) is 2. The number of benzene rings is 1. The molecule has 1 aliphatic rings. The lowest BCUT2D eigenvalue weighted by Gasteiger charge is -2.34. The van der Waals surface area contributed by atoms with Gasteiger partial charge in [0.2, 0.25) is 0 Å². The number of sulfone groups is 1. The van der Waals surface area contributed by atoms with Crippen molar-refractivity contribution in [1.29, 1.82) is 0 Å². The molecule has 1 aliphatic heterocycles. The van der Waals surface area contributed by atoms with Gasteiger partial charge in [-0.2, -0.15) is 0 Å². The van der Waals surface area contributed by atoms with E-state index in [4.69, 9.17) is 4.99 Å². The second-order valence-electron chi connectivity index (χ2n) is 8.62. The van der Waals surface area contributed by atoms with Gasteiger partial charge in [0.25, 0.3) is 0 Å². The van der Waals surface area contributed by atoms with E-state index in [1.54, 1.807) is 12.1 Å². The first kappa shape index (κ1) is 26.9. The number of anilines is 1. The fourth-order valence-corrected chi connectivity index (χ4v) is 4.23. The molecule has 0 radical (unpaired) electrons. The number of hydrogen-bond donors (Lipinski definition) is 2. The molecule has 2 N–H and O–H groups in total. The van der Waals surface area contributed by atoms with Gasteiger partial charge >= 0.3 is 0 Å². The molecule has 1 aromatic rings. The third-order valence-corrected chi connectivity index (χ3v) is 6.11. The quantitative estimate of drug-likeness (QED) is 0.293. The molecule has 1 aromatic carbocycles. The van der Waals surface area contributed by atoms with E-state index < -0.39 is 9.84 Å². The van der Waals surface area contributed by atoms with Gasteiger partial charge in [0, 0.05) is 44.2 Å². The third kappa shape index (κ3) is 9.80. The maximum Gasteiger partial charge on any atom is 0.191 e. The summed E-state index contributed by atoms with van der Waals surface area (Å²) in [6.45, 7) is 9.16. The summed E-state index contributed by atoms with van der Waals surface area (Å²) in [6, 6.07) is 7.04. The Labute approximate surface area is 198 Å². The van der Waals surface area contributed by atoms with Crippen LogP contribution in [0, 0.1) is 11.2 Å². The molecule has 172 valence electrons. The van der Waals surface area contributed by atoms with Gasteiger partial charge in [-0.15, -0.1) is 24.0 Å². The Balaban J connectivity index is 0.00000450. The van der Waals surface area contributed by atoms with Crippen molar-refractivity contribution in [2.45, 2.75) is 46.1 Å². The third-order valence-electron chi connectivity index (χ3n) is 5.17. The molecule has 2 rings (SSSR count). The lowest BCUT2D eigenvalue weighted by atomic mass is 9.90. The fraction of sp³-hybridized carbons (Fsp3) is 0.667.